The molecule has 122 valence electrons. The fourth-order valence-corrected chi connectivity index (χ4v) is 3.29. The average molecular weight is 450 g/mol. The van der Waals surface area contributed by atoms with E-state index in [-0.39, 0.29) is 21.9 Å². The summed E-state index contributed by atoms with van der Waals surface area (Å²) in [5.74, 6) is -0.881. The van der Waals surface area contributed by atoms with Crippen LogP contribution in [0.5, 0.6) is 5.75 Å². The van der Waals surface area contributed by atoms with Crippen LogP contribution in [0.15, 0.2) is 41.3 Å². The number of primary sulfonamides is 1. The first kappa shape index (κ1) is 17.6. The number of amides is 1. The van der Waals surface area contributed by atoms with Crippen molar-refractivity contribution < 1.29 is 22.3 Å². The van der Waals surface area contributed by atoms with Crippen LogP contribution in [0, 0.1) is 9.39 Å². The molecule has 9 heteroatoms. The molecule has 0 unspecified atom stereocenters. The normalized spacial score (nSPS) is 11.1. The first-order valence-electron chi connectivity index (χ1n) is 6.19. The highest BCUT2D eigenvalue weighted by atomic mass is 127. The smallest absolute Gasteiger partial charge is 0.256 e. The van der Waals surface area contributed by atoms with E-state index < -0.39 is 21.7 Å². The van der Waals surface area contributed by atoms with Crippen molar-refractivity contribution >= 4 is 44.2 Å². The summed E-state index contributed by atoms with van der Waals surface area (Å²) in [6.07, 6.45) is 0. The summed E-state index contributed by atoms with van der Waals surface area (Å²) in [4.78, 5) is 12.0. The molecule has 0 aliphatic rings. The second-order valence-electron chi connectivity index (χ2n) is 4.49. The largest absolute Gasteiger partial charge is 0.495 e. The molecule has 3 N–H and O–H groups in total. The summed E-state index contributed by atoms with van der Waals surface area (Å²) in [5, 5.41) is 7.66. The molecule has 0 radical (unpaired) electrons. The number of halogens is 2. The second-order valence-corrected chi connectivity index (χ2v) is 7.18. The van der Waals surface area contributed by atoms with E-state index >= 15 is 0 Å². The number of sulfonamides is 1. The van der Waals surface area contributed by atoms with Crippen molar-refractivity contribution in [3.8, 4) is 5.75 Å². The minimum atomic E-state index is -4.01. The molecular formula is C14H12FIN2O4S. The third-order valence-corrected chi connectivity index (χ3v) is 4.73. The van der Waals surface area contributed by atoms with E-state index in [2.05, 4.69) is 5.32 Å². The zero-order valence-corrected chi connectivity index (χ0v) is 14.8. The molecule has 2 rings (SSSR count). The SMILES string of the molecule is COc1ccc(NC(=O)c2ccc(F)cc2I)cc1S(N)(=O)=O. The Labute approximate surface area is 146 Å². The minimum absolute atomic E-state index is 0.0712. The maximum atomic E-state index is 13.1. The number of hydrogen-bond donors (Lipinski definition) is 2. The molecule has 0 atom stereocenters. The van der Waals surface area contributed by atoms with E-state index in [0.717, 1.165) is 0 Å². The van der Waals surface area contributed by atoms with Gasteiger partial charge in [-0.3, -0.25) is 4.79 Å². The van der Waals surface area contributed by atoms with Gasteiger partial charge in [0.05, 0.1) is 12.7 Å². The number of rotatable bonds is 4. The number of carbonyl (C=O) groups is 1. The second kappa shape index (κ2) is 6.81. The van der Waals surface area contributed by atoms with Crippen molar-refractivity contribution in [1.29, 1.82) is 0 Å². The first-order chi connectivity index (χ1) is 10.7. The van der Waals surface area contributed by atoms with Crippen molar-refractivity contribution in [1.82, 2.24) is 0 Å². The van der Waals surface area contributed by atoms with E-state index in [1.54, 1.807) is 0 Å². The lowest BCUT2D eigenvalue weighted by Gasteiger charge is -2.11. The predicted molar refractivity (Wildman–Crippen MR) is 91.4 cm³/mol. The number of nitrogens with one attached hydrogen (secondary N) is 1. The maximum Gasteiger partial charge on any atom is 0.256 e. The van der Waals surface area contributed by atoms with Gasteiger partial charge in [0.25, 0.3) is 5.91 Å². The van der Waals surface area contributed by atoms with E-state index in [0.29, 0.717) is 3.57 Å². The molecule has 0 saturated heterocycles. The lowest BCUT2D eigenvalue weighted by Crippen LogP contribution is -2.16. The van der Waals surface area contributed by atoms with Crippen LogP contribution in [0.3, 0.4) is 0 Å². The minimum Gasteiger partial charge on any atom is -0.495 e. The Kier molecular flexibility index (Phi) is 5.22. The van der Waals surface area contributed by atoms with Gasteiger partial charge in [-0.05, 0) is 59.0 Å². The number of nitrogens with two attached hydrogens (primary N) is 1. The fraction of sp³-hybridized carbons (Fsp3) is 0.0714. The van der Waals surface area contributed by atoms with Gasteiger partial charge in [0.15, 0.2) is 0 Å². The van der Waals surface area contributed by atoms with Crippen LogP contribution in [0.1, 0.15) is 10.4 Å². The molecule has 6 nitrogen and oxygen atoms in total. The van der Waals surface area contributed by atoms with E-state index in [1.807, 2.05) is 22.6 Å². The highest BCUT2D eigenvalue weighted by Crippen LogP contribution is 2.26. The molecule has 0 aromatic heterocycles. The molecular weight excluding hydrogens is 438 g/mol. The Morgan fingerprint density at radius 2 is 1.96 bits per heavy atom. The average Bonchev–Trinajstić information content (AvgIpc) is 2.46. The molecule has 0 aliphatic carbocycles. The summed E-state index contributed by atoms with van der Waals surface area (Å²) < 4.78 is 41.5. The molecule has 23 heavy (non-hydrogen) atoms. The van der Waals surface area contributed by atoms with Gasteiger partial charge in [0.1, 0.15) is 16.5 Å². The molecule has 0 aliphatic heterocycles. The zero-order chi connectivity index (χ0) is 17.2. The number of ether oxygens (including phenoxy) is 1. The van der Waals surface area contributed by atoms with E-state index in [9.17, 15) is 17.6 Å². The first-order valence-corrected chi connectivity index (χ1v) is 8.82. The Morgan fingerprint density at radius 3 is 2.52 bits per heavy atom. The van der Waals surface area contributed by atoms with Crippen molar-refractivity contribution in [2.45, 2.75) is 4.90 Å². The lowest BCUT2D eigenvalue weighted by molar-refractivity contribution is 0.102. The van der Waals surface area contributed by atoms with Gasteiger partial charge in [-0.25, -0.2) is 17.9 Å². The summed E-state index contributed by atoms with van der Waals surface area (Å²) in [6, 6.07) is 7.78. The standard InChI is InChI=1S/C14H12FIN2O4S/c1-22-12-5-3-9(7-13(12)23(17,20)21)18-14(19)10-4-2-8(15)6-11(10)16/h2-7H,1H3,(H,18,19)(H2,17,20,21). The summed E-state index contributed by atoms with van der Waals surface area (Å²) in [6.45, 7) is 0. The molecule has 2 aromatic rings. The number of anilines is 1. The maximum absolute atomic E-state index is 13.1. The van der Waals surface area contributed by atoms with E-state index in [4.69, 9.17) is 9.88 Å². The van der Waals surface area contributed by atoms with Crippen LogP contribution in [0.2, 0.25) is 0 Å². The monoisotopic (exact) mass is 450 g/mol. The van der Waals surface area contributed by atoms with Crippen LogP contribution in [-0.2, 0) is 10.0 Å². The van der Waals surface area contributed by atoms with Gasteiger partial charge in [-0.15, -0.1) is 0 Å². The van der Waals surface area contributed by atoms with Gasteiger partial charge in [0, 0.05) is 9.26 Å². The molecule has 2 aromatic carbocycles. The van der Waals surface area contributed by atoms with Gasteiger partial charge in [0.2, 0.25) is 10.0 Å². The molecule has 0 fully saturated rings. The Balaban J connectivity index is 2.35. The van der Waals surface area contributed by atoms with Gasteiger partial charge < -0.3 is 10.1 Å². The van der Waals surface area contributed by atoms with Crippen LogP contribution < -0.4 is 15.2 Å². The fourth-order valence-electron chi connectivity index (χ4n) is 1.85. The predicted octanol–water partition coefficient (Wildman–Crippen LogP) is 2.34. The Morgan fingerprint density at radius 1 is 1.26 bits per heavy atom. The van der Waals surface area contributed by atoms with Crippen molar-refractivity contribution in [3.63, 3.8) is 0 Å². The number of benzene rings is 2. The summed E-state index contributed by atoms with van der Waals surface area (Å²) in [5.41, 5.74) is 0.486. The molecule has 1 amide bonds. The molecule has 0 spiro atoms. The van der Waals surface area contributed by atoms with Crippen LogP contribution in [0.25, 0.3) is 0 Å². The quantitative estimate of drug-likeness (QED) is 0.699. The van der Waals surface area contributed by atoms with E-state index in [1.165, 1.54) is 43.5 Å². The molecule has 0 heterocycles. The van der Waals surface area contributed by atoms with Gasteiger partial charge >= 0.3 is 0 Å². The molecule has 0 saturated carbocycles. The van der Waals surface area contributed by atoms with Crippen LogP contribution >= 0.6 is 22.6 Å². The zero-order valence-electron chi connectivity index (χ0n) is 11.8. The van der Waals surface area contributed by atoms with Gasteiger partial charge in [-0.1, -0.05) is 0 Å². The number of methoxy groups -OCH3 is 1. The highest BCUT2D eigenvalue weighted by Gasteiger charge is 2.17. The number of hydrogen-bond acceptors (Lipinski definition) is 4. The third-order valence-electron chi connectivity index (χ3n) is 2.90. The Bertz CT molecular complexity index is 871. The van der Waals surface area contributed by atoms with Crippen LogP contribution in [-0.4, -0.2) is 21.4 Å². The van der Waals surface area contributed by atoms with Crippen molar-refractivity contribution in [3.05, 3.63) is 51.3 Å². The Hall–Kier alpha value is -1.72. The van der Waals surface area contributed by atoms with Crippen molar-refractivity contribution in [2.75, 3.05) is 12.4 Å². The van der Waals surface area contributed by atoms with Crippen molar-refractivity contribution in [2.24, 2.45) is 5.14 Å². The van der Waals surface area contributed by atoms with Crippen LogP contribution in [0.4, 0.5) is 10.1 Å². The number of carbonyl (C=O) groups excluding carboxylic acids is 1. The lowest BCUT2D eigenvalue weighted by atomic mass is 10.2. The van der Waals surface area contributed by atoms with Gasteiger partial charge in [-0.2, -0.15) is 0 Å². The highest BCUT2D eigenvalue weighted by molar-refractivity contribution is 14.1. The molecule has 0 bridgehead atoms. The summed E-state index contributed by atoms with van der Waals surface area (Å²) >= 11 is 1.84. The topological polar surface area (TPSA) is 98.5 Å². The third kappa shape index (κ3) is 4.18. The summed E-state index contributed by atoms with van der Waals surface area (Å²) in [7, 11) is -2.70.